The van der Waals surface area contributed by atoms with Crippen molar-refractivity contribution in [3.05, 3.63) is 54.1 Å². The summed E-state index contributed by atoms with van der Waals surface area (Å²) in [6, 6.07) is 15.7. The van der Waals surface area contributed by atoms with E-state index in [1.807, 2.05) is 53.1 Å². The molecule has 4 rings (SSSR count). The van der Waals surface area contributed by atoms with Crippen LogP contribution in [0.2, 0.25) is 0 Å². The Bertz CT molecular complexity index is 1020. The molecule has 1 aliphatic heterocycles. The standard InChI is InChI=1S/C22H24N4O2/c1-2-13-26-19-10-6-5-9-18(19)24-22(26)25-20(27)12-11-16-14-15-7-3-4-8-17(15)23-21(16)28/h3-10,16H,2,11-14H2,1H3,(H,23,28)(H,24,25,27)/t16-/m0/s1. The highest BCUT2D eigenvalue weighted by Gasteiger charge is 2.26. The molecular formula is C22H24N4O2. The van der Waals surface area contributed by atoms with Gasteiger partial charge in [0.25, 0.3) is 0 Å². The minimum absolute atomic E-state index is 0.00952. The number of anilines is 2. The van der Waals surface area contributed by atoms with Gasteiger partial charge in [-0.3, -0.25) is 14.9 Å². The number of imidazole rings is 1. The van der Waals surface area contributed by atoms with Crippen LogP contribution < -0.4 is 10.6 Å². The predicted molar refractivity (Wildman–Crippen MR) is 110 cm³/mol. The van der Waals surface area contributed by atoms with Crippen LogP contribution in [0.1, 0.15) is 31.7 Å². The Morgan fingerprint density at radius 2 is 2.00 bits per heavy atom. The third kappa shape index (κ3) is 3.63. The Labute approximate surface area is 164 Å². The number of fused-ring (bicyclic) bond motifs is 2. The van der Waals surface area contributed by atoms with Crippen LogP contribution in [-0.4, -0.2) is 21.4 Å². The molecule has 2 aromatic carbocycles. The van der Waals surface area contributed by atoms with E-state index in [9.17, 15) is 9.59 Å². The van der Waals surface area contributed by atoms with Crippen LogP contribution in [0.4, 0.5) is 11.6 Å². The average molecular weight is 376 g/mol. The number of hydrogen-bond donors (Lipinski definition) is 2. The average Bonchev–Trinajstić information content (AvgIpc) is 3.04. The molecule has 1 atom stereocenters. The van der Waals surface area contributed by atoms with E-state index in [2.05, 4.69) is 22.5 Å². The van der Waals surface area contributed by atoms with E-state index >= 15 is 0 Å². The van der Waals surface area contributed by atoms with Crippen LogP contribution in [0.3, 0.4) is 0 Å². The topological polar surface area (TPSA) is 76.0 Å². The quantitative estimate of drug-likeness (QED) is 0.683. The predicted octanol–water partition coefficient (Wildman–Crippen LogP) is 3.98. The van der Waals surface area contributed by atoms with Crippen molar-refractivity contribution in [1.82, 2.24) is 9.55 Å². The number of amides is 2. The van der Waals surface area contributed by atoms with E-state index < -0.39 is 0 Å². The molecule has 0 spiro atoms. The van der Waals surface area contributed by atoms with E-state index in [-0.39, 0.29) is 24.2 Å². The number of nitrogens with one attached hydrogen (secondary N) is 2. The van der Waals surface area contributed by atoms with Crippen LogP contribution in [0.5, 0.6) is 0 Å². The fourth-order valence-electron chi connectivity index (χ4n) is 3.76. The summed E-state index contributed by atoms with van der Waals surface area (Å²) in [5.41, 5.74) is 3.89. The zero-order chi connectivity index (χ0) is 19.5. The molecule has 2 amide bonds. The van der Waals surface area contributed by atoms with Gasteiger partial charge < -0.3 is 9.88 Å². The maximum atomic E-state index is 12.5. The number of carbonyl (C=O) groups excluding carboxylic acids is 2. The first kappa shape index (κ1) is 18.2. The zero-order valence-corrected chi connectivity index (χ0v) is 15.9. The maximum absolute atomic E-state index is 12.5. The number of benzene rings is 2. The highest BCUT2D eigenvalue weighted by molar-refractivity contribution is 5.96. The first-order valence-electron chi connectivity index (χ1n) is 9.79. The van der Waals surface area contributed by atoms with E-state index in [0.29, 0.717) is 18.8 Å². The smallest absolute Gasteiger partial charge is 0.227 e. The molecule has 1 aromatic heterocycles. The Hall–Kier alpha value is -3.15. The molecule has 0 radical (unpaired) electrons. The third-order valence-electron chi connectivity index (χ3n) is 5.19. The van der Waals surface area contributed by atoms with Gasteiger partial charge in [0.1, 0.15) is 0 Å². The summed E-state index contributed by atoms with van der Waals surface area (Å²) >= 11 is 0. The molecule has 0 aliphatic carbocycles. The van der Waals surface area contributed by atoms with Crippen molar-refractivity contribution in [2.45, 2.75) is 39.2 Å². The van der Waals surface area contributed by atoms with Crippen molar-refractivity contribution in [3.8, 4) is 0 Å². The van der Waals surface area contributed by atoms with E-state index in [1.54, 1.807) is 0 Å². The molecule has 144 valence electrons. The Morgan fingerprint density at radius 1 is 1.21 bits per heavy atom. The lowest BCUT2D eigenvalue weighted by atomic mass is 9.89. The molecule has 1 aliphatic rings. The first-order valence-corrected chi connectivity index (χ1v) is 9.79. The third-order valence-corrected chi connectivity index (χ3v) is 5.19. The van der Waals surface area contributed by atoms with Gasteiger partial charge in [-0.1, -0.05) is 37.3 Å². The Morgan fingerprint density at radius 3 is 2.86 bits per heavy atom. The van der Waals surface area contributed by atoms with Crippen molar-refractivity contribution in [3.63, 3.8) is 0 Å². The number of aryl methyl sites for hydroxylation is 1. The summed E-state index contributed by atoms with van der Waals surface area (Å²) in [5, 5.41) is 5.88. The summed E-state index contributed by atoms with van der Waals surface area (Å²) in [7, 11) is 0. The lowest BCUT2D eigenvalue weighted by Crippen LogP contribution is -2.30. The fraction of sp³-hybridized carbons (Fsp3) is 0.318. The molecule has 0 saturated heterocycles. The number of nitrogens with zero attached hydrogens (tertiary/aromatic N) is 2. The summed E-state index contributed by atoms with van der Waals surface area (Å²) < 4.78 is 2.04. The molecule has 3 aromatic rings. The van der Waals surface area contributed by atoms with E-state index in [0.717, 1.165) is 35.2 Å². The van der Waals surface area contributed by atoms with Crippen LogP contribution in [-0.2, 0) is 22.6 Å². The lowest BCUT2D eigenvalue weighted by molar-refractivity contribution is -0.121. The lowest BCUT2D eigenvalue weighted by Gasteiger charge is -2.24. The molecular weight excluding hydrogens is 352 g/mol. The van der Waals surface area contributed by atoms with Crippen molar-refractivity contribution >= 4 is 34.5 Å². The van der Waals surface area contributed by atoms with Crippen LogP contribution in [0, 0.1) is 5.92 Å². The van der Waals surface area contributed by atoms with Gasteiger partial charge in [0, 0.05) is 24.6 Å². The zero-order valence-electron chi connectivity index (χ0n) is 15.9. The molecule has 0 unspecified atom stereocenters. The number of hydrogen-bond acceptors (Lipinski definition) is 3. The fourth-order valence-corrected chi connectivity index (χ4v) is 3.76. The van der Waals surface area contributed by atoms with Gasteiger partial charge in [0.2, 0.25) is 17.8 Å². The van der Waals surface area contributed by atoms with Crippen molar-refractivity contribution < 1.29 is 9.59 Å². The summed E-state index contributed by atoms with van der Waals surface area (Å²) in [6.07, 6.45) is 2.42. The highest BCUT2D eigenvalue weighted by atomic mass is 16.2. The van der Waals surface area contributed by atoms with Gasteiger partial charge in [-0.25, -0.2) is 4.98 Å². The maximum Gasteiger partial charge on any atom is 0.227 e. The molecule has 6 nitrogen and oxygen atoms in total. The Balaban J connectivity index is 1.42. The van der Waals surface area contributed by atoms with Crippen molar-refractivity contribution in [2.24, 2.45) is 5.92 Å². The highest BCUT2D eigenvalue weighted by Crippen LogP contribution is 2.28. The van der Waals surface area contributed by atoms with Crippen molar-refractivity contribution in [1.29, 1.82) is 0 Å². The van der Waals surface area contributed by atoms with Gasteiger partial charge >= 0.3 is 0 Å². The molecule has 2 heterocycles. The molecule has 28 heavy (non-hydrogen) atoms. The van der Waals surface area contributed by atoms with Gasteiger partial charge in [-0.2, -0.15) is 0 Å². The van der Waals surface area contributed by atoms with E-state index in [4.69, 9.17) is 0 Å². The van der Waals surface area contributed by atoms with Crippen LogP contribution in [0.25, 0.3) is 11.0 Å². The molecule has 2 N–H and O–H groups in total. The number of aromatic nitrogens is 2. The summed E-state index contributed by atoms with van der Waals surface area (Å²) in [4.78, 5) is 29.4. The first-order chi connectivity index (χ1) is 13.7. The number of carbonyl (C=O) groups is 2. The van der Waals surface area contributed by atoms with Crippen LogP contribution in [0.15, 0.2) is 48.5 Å². The van der Waals surface area contributed by atoms with Gasteiger partial charge in [-0.15, -0.1) is 0 Å². The normalized spacial score (nSPS) is 15.9. The molecule has 6 heteroatoms. The number of para-hydroxylation sites is 3. The van der Waals surface area contributed by atoms with Crippen molar-refractivity contribution in [2.75, 3.05) is 10.6 Å². The van der Waals surface area contributed by atoms with Gasteiger partial charge in [0.05, 0.1) is 11.0 Å². The van der Waals surface area contributed by atoms with E-state index in [1.165, 1.54) is 0 Å². The Kier molecular flexibility index (Phi) is 5.10. The number of rotatable bonds is 6. The second-order valence-electron chi connectivity index (χ2n) is 7.21. The minimum Gasteiger partial charge on any atom is -0.326 e. The molecule has 0 bridgehead atoms. The molecule has 0 fully saturated rings. The molecule has 0 saturated carbocycles. The second kappa shape index (κ2) is 7.84. The largest absolute Gasteiger partial charge is 0.326 e. The van der Waals surface area contributed by atoms with Crippen LogP contribution >= 0.6 is 0 Å². The van der Waals surface area contributed by atoms with Gasteiger partial charge in [-0.05, 0) is 43.0 Å². The SMILES string of the molecule is CCCn1c(NC(=O)CC[C@H]2Cc3ccccc3NC2=O)nc2ccccc21. The second-order valence-corrected chi connectivity index (χ2v) is 7.21. The summed E-state index contributed by atoms with van der Waals surface area (Å²) in [5.74, 6) is 0.269. The minimum atomic E-state index is -0.185. The summed E-state index contributed by atoms with van der Waals surface area (Å²) in [6.45, 7) is 2.89. The monoisotopic (exact) mass is 376 g/mol. The van der Waals surface area contributed by atoms with Gasteiger partial charge in [0.15, 0.2) is 0 Å².